The molecule has 0 bridgehead atoms. The molecular weight excluding hydrogens is 462 g/mol. The molecule has 1 aromatic carbocycles. The molecule has 7 nitrogen and oxygen atoms in total. The van der Waals surface area contributed by atoms with E-state index in [2.05, 4.69) is 21.2 Å². The van der Waals surface area contributed by atoms with E-state index in [4.69, 9.17) is 4.42 Å². The normalized spacial score (nSPS) is 18.5. The number of amides is 3. The van der Waals surface area contributed by atoms with Crippen LogP contribution < -0.4 is 5.32 Å². The first-order chi connectivity index (χ1) is 14.6. The van der Waals surface area contributed by atoms with Gasteiger partial charge >= 0.3 is 6.03 Å². The SMILES string of the molecule is Cc1cc(-n2c(C)cc(C(=O)CN3C(=O)NC(C)(c4ccco4)C3=O)c2C)ccc1Br. The van der Waals surface area contributed by atoms with E-state index in [1.807, 2.05) is 43.5 Å². The third kappa shape index (κ3) is 3.40. The highest BCUT2D eigenvalue weighted by molar-refractivity contribution is 9.10. The van der Waals surface area contributed by atoms with Gasteiger partial charge in [-0.15, -0.1) is 0 Å². The Morgan fingerprint density at radius 1 is 1.16 bits per heavy atom. The number of aromatic nitrogens is 1. The molecule has 0 radical (unpaired) electrons. The van der Waals surface area contributed by atoms with Crippen LogP contribution in [-0.2, 0) is 10.3 Å². The van der Waals surface area contributed by atoms with Gasteiger partial charge in [-0.05, 0) is 69.7 Å². The highest BCUT2D eigenvalue weighted by Gasteiger charge is 2.51. The minimum Gasteiger partial charge on any atom is -0.466 e. The van der Waals surface area contributed by atoms with Crippen molar-refractivity contribution < 1.29 is 18.8 Å². The molecule has 4 rings (SSSR count). The lowest BCUT2D eigenvalue weighted by Crippen LogP contribution is -2.41. The predicted octanol–water partition coefficient (Wildman–Crippen LogP) is 4.41. The number of urea groups is 1. The van der Waals surface area contributed by atoms with Crippen LogP contribution in [0.3, 0.4) is 0 Å². The quantitative estimate of drug-likeness (QED) is 0.430. The Hall–Kier alpha value is -3.13. The lowest BCUT2D eigenvalue weighted by Gasteiger charge is -2.18. The Bertz CT molecular complexity index is 1210. The van der Waals surface area contributed by atoms with E-state index in [1.165, 1.54) is 6.26 Å². The number of benzene rings is 1. The molecule has 3 heterocycles. The van der Waals surface area contributed by atoms with Crippen molar-refractivity contribution in [3.05, 3.63) is 75.4 Å². The number of ketones is 1. The molecule has 1 fully saturated rings. The van der Waals surface area contributed by atoms with Crippen LogP contribution in [0.5, 0.6) is 0 Å². The highest BCUT2D eigenvalue weighted by atomic mass is 79.9. The van der Waals surface area contributed by atoms with Crippen molar-refractivity contribution in [1.82, 2.24) is 14.8 Å². The predicted molar refractivity (Wildman–Crippen MR) is 118 cm³/mol. The molecule has 0 spiro atoms. The first-order valence-corrected chi connectivity index (χ1v) is 10.6. The summed E-state index contributed by atoms with van der Waals surface area (Å²) in [6.07, 6.45) is 1.44. The number of aryl methyl sites for hydroxylation is 2. The highest BCUT2D eigenvalue weighted by Crippen LogP contribution is 2.30. The molecule has 1 aliphatic heterocycles. The van der Waals surface area contributed by atoms with Crippen LogP contribution in [0.25, 0.3) is 5.69 Å². The molecule has 0 saturated carbocycles. The third-order valence-electron chi connectivity index (χ3n) is 5.72. The average Bonchev–Trinajstić information content (AvgIpc) is 3.40. The van der Waals surface area contributed by atoms with Gasteiger partial charge in [-0.25, -0.2) is 4.79 Å². The fourth-order valence-electron chi connectivity index (χ4n) is 4.01. The van der Waals surface area contributed by atoms with Gasteiger partial charge in [0, 0.05) is 27.1 Å². The topological polar surface area (TPSA) is 84.6 Å². The second-order valence-corrected chi connectivity index (χ2v) is 8.75. The van der Waals surface area contributed by atoms with Crippen molar-refractivity contribution in [3.63, 3.8) is 0 Å². The summed E-state index contributed by atoms with van der Waals surface area (Å²) >= 11 is 3.51. The van der Waals surface area contributed by atoms with Crippen LogP contribution >= 0.6 is 15.9 Å². The van der Waals surface area contributed by atoms with Gasteiger partial charge in [0.1, 0.15) is 5.76 Å². The summed E-state index contributed by atoms with van der Waals surface area (Å²) in [5.41, 5.74) is 2.81. The lowest BCUT2D eigenvalue weighted by molar-refractivity contribution is -0.131. The van der Waals surface area contributed by atoms with Crippen LogP contribution in [0.2, 0.25) is 0 Å². The van der Waals surface area contributed by atoms with E-state index in [1.54, 1.807) is 25.1 Å². The Labute approximate surface area is 188 Å². The first-order valence-electron chi connectivity index (χ1n) is 9.80. The summed E-state index contributed by atoms with van der Waals surface area (Å²) in [5.74, 6) is -0.497. The number of nitrogens with zero attached hydrogens (tertiary/aromatic N) is 2. The number of carbonyl (C=O) groups is 3. The summed E-state index contributed by atoms with van der Waals surface area (Å²) in [4.78, 5) is 39.5. The maximum Gasteiger partial charge on any atom is 0.325 e. The third-order valence-corrected chi connectivity index (χ3v) is 6.61. The van der Waals surface area contributed by atoms with E-state index in [0.29, 0.717) is 11.3 Å². The first kappa shape index (κ1) is 21.1. The van der Waals surface area contributed by atoms with E-state index in [-0.39, 0.29) is 12.3 Å². The number of carbonyl (C=O) groups excluding carboxylic acids is 3. The smallest absolute Gasteiger partial charge is 0.325 e. The molecule has 3 aromatic rings. The number of halogens is 1. The Morgan fingerprint density at radius 2 is 1.90 bits per heavy atom. The van der Waals surface area contributed by atoms with E-state index < -0.39 is 17.5 Å². The fourth-order valence-corrected chi connectivity index (χ4v) is 4.26. The fraction of sp³-hybridized carbons (Fsp3) is 0.261. The zero-order valence-electron chi connectivity index (χ0n) is 17.7. The van der Waals surface area contributed by atoms with E-state index in [9.17, 15) is 14.4 Å². The standard InChI is InChI=1S/C23H22BrN3O4/c1-13-10-16(7-8-18(13)24)27-14(2)11-17(15(27)3)19(28)12-26-21(29)23(4,25-22(26)30)20-6-5-9-31-20/h5-11H,12H2,1-4H3,(H,25,30). The number of nitrogens with one attached hydrogen (secondary N) is 1. The average molecular weight is 484 g/mol. The summed E-state index contributed by atoms with van der Waals surface area (Å²) < 4.78 is 8.33. The van der Waals surface area contributed by atoms with E-state index >= 15 is 0 Å². The summed E-state index contributed by atoms with van der Waals surface area (Å²) in [5, 5.41) is 2.64. The molecule has 1 aliphatic rings. The van der Waals surface area contributed by atoms with Crippen molar-refractivity contribution in [3.8, 4) is 5.69 Å². The summed E-state index contributed by atoms with van der Waals surface area (Å²) in [7, 11) is 0. The van der Waals surface area contributed by atoms with Crippen molar-refractivity contribution in [2.75, 3.05) is 6.54 Å². The molecule has 1 N–H and O–H groups in total. The van der Waals surface area contributed by atoms with Gasteiger partial charge < -0.3 is 14.3 Å². The van der Waals surface area contributed by atoms with Crippen LogP contribution in [0.4, 0.5) is 4.79 Å². The number of imide groups is 1. The largest absolute Gasteiger partial charge is 0.466 e. The molecule has 1 saturated heterocycles. The van der Waals surface area contributed by atoms with Gasteiger partial charge in [0.2, 0.25) is 0 Å². The zero-order valence-corrected chi connectivity index (χ0v) is 19.2. The molecule has 1 unspecified atom stereocenters. The lowest BCUT2D eigenvalue weighted by atomic mass is 9.99. The van der Waals surface area contributed by atoms with Gasteiger partial charge in [-0.3, -0.25) is 14.5 Å². The molecule has 8 heteroatoms. The number of rotatable bonds is 5. The van der Waals surface area contributed by atoms with Crippen molar-refractivity contribution in [1.29, 1.82) is 0 Å². The number of hydrogen-bond acceptors (Lipinski definition) is 4. The van der Waals surface area contributed by atoms with Gasteiger partial charge in [0.25, 0.3) is 5.91 Å². The summed E-state index contributed by atoms with van der Waals surface area (Å²) in [6, 6.07) is 10.4. The van der Waals surface area contributed by atoms with Gasteiger partial charge in [-0.2, -0.15) is 0 Å². The second-order valence-electron chi connectivity index (χ2n) is 7.90. The maximum absolute atomic E-state index is 13.1. The van der Waals surface area contributed by atoms with Crippen molar-refractivity contribution >= 4 is 33.7 Å². The summed E-state index contributed by atoms with van der Waals surface area (Å²) in [6.45, 7) is 7.00. The van der Waals surface area contributed by atoms with Gasteiger partial charge in [-0.1, -0.05) is 15.9 Å². The van der Waals surface area contributed by atoms with E-state index in [0.717, 1.165) is 32.0 Å². The number of hydrogen-bond donors (Lipinski definition) is 1. The van der Waals surface area contributed by atoms with Crippen LogP contribution in [0.15, 0.2) is 51.6 Å². The van der Waals surface area contributed by atoms with Crippen molar-refractivity contribution in [2.45, 2.75) is 33.2 Å². The molecule has 2 aromatic heterocycles. The second kappa shape index (κ2) is 7.53. The van der Waals surface area contributed by atoms with Gasteiger partial charge in [0.15, 0.2) is 11.3 Å². The van der Waals surface area contributed by atoms with Crippen LogP contribution in [0.1, 0.15) is 40.0 Å². The molecular formula is C23H22BrN3O4. The number of furan rings is 1. The van der Waals surface area contributed by atoms with Crippen LogP contribution in [-0.4, -0.2) is 33.7 Å². The van der Waals surface area contributed by atoms with Crippen molar-refractivity contribution in [2.24, 2.45) is 0 Å². The Balaban J connectivity index is 1.62. The van der Waals surface area contributed by atoms with Gasteiger partial charge in [0.05, 0.1) is 12.8 Å². The minimum atomic E-state index is -1.33. The zero-order chi connectivity index (χ0) is 22.5. The molecule has 3 amide bonds. The molecule has 31 heavy (non-hydrogen) atoms. The Morgan fingerprint density at radius 3 is 2.55 bits per heavy atom. The maximum atomic E-state index is 13.1. The minimum absolute atomic E-state index is 0.305. The molecule has 160 valence electrons. The van der Waals surface area contributed by atoms with Crippen LogP contribution in [0, 0.1) is 20.8 Å². The monoisotopic (exact) mass is 483 g/mol. The number of Topliss-reactive ketones (excluding diaryl/α,β-unsaturated/α-hetero) is 1. The molecule has 1 atom stereocenters. The molecule has 0 aliphatic carbocycles. The Kier molecular flexibility index (Phi) is 5.13.